The molecule has 0 bridgehead atoms. The summed E-state index contributed by atoms with van der Waals surface area (Å²) in [6.45, 7) is 0.687. The van der Waals surface area contributed by atoms with Crippen LogP contribution in [0.5, 0.6) is 0 Å². The number of carbonyl (C=O) groups is 2. The van der Waals surface area contributed by atoms with Gasteiger partial charge in [0, 0.05) is 42.0 Å². The number of hydrogen-bond acceptors (Lipinski definition) is 4. The topological polar surface area (TPSA) is 96.5 Å². The van der Waals surface area contributed by atoms with Gasteiger partial charge in [-0.3, -0.25) is 14.6 Å². The van der Waals surface area contributed by atoms with Gasteiger partial charge in [-0.05, 0) is 55.5 Å². The molecule has 6 nitrogen and oxygen atoms in total. The molecule has 0 aliphatic heterocycles. The van der Waals surface area contributed by atoms with Crippen molar-refractivity contribution in [3.63, 3.8) is 0 Å². The molecule has 3 rings (SSSR count). The fourth-order valence-electron chi connectivity index (χ4n) is 4.22. The summed E-state index contributed by atoms with van der Waals surface area (Å²) in [4.78, 5) is 29.9. The van der Waals surface area contributed by atoms with Crippen LogP contribution in [0.4, 0.5) is 0 Å². The summed E-state index contributed by atoms with van der Waals surface area (Å²) in [5, 5.41) is 9.82. The fraction of sp³-hybridized carbons (Fsp3) is 0.409. The Bertz CT molecular complexity index is 851. The molecule has 1 aromatic heterocycles. The molecule has 1 heterocycles. The average Bonchev–Trinajstić information content (AvgIpc) is 2.74. The van der Waals surface area contributed by atoms with Gasteiger partial charge >= 0.3 is 5.97 Å². The Morgan fingerprint density at radius 2 is 2.00 bits per heavy atom. The number of carboxylic acid groups (broad SMARTS) is 1. The SMILES string of the molecule is NC[C@]1(c2cccc(Cl)c2)CC[C@H](N(CCC(=O)O)C(=O)c2cccnc2)CC1. The molecule has 7 heteroatoms. The van der Waals surface area contributed by atoms with Gasteiger partial charge < -0.3 is 15.7 Å². The van der Waals surface area contributed by atoms with Crippen LogP contribution in [-0.2, 0) is 10.2 Å². The Kier molecular flexibility index (Phi) is 6.87. The van der Waals surface area contributed by atoms with Crippen LogP contribution in [-0.4, -0.2) is 46.0 Å². The van der Waals surface area contributed by atoms with Gasteiger partial charge in [-0.1, -0.05) is 23.7 Å². The molecule has 0 unspecified atom stereocenters. The van der Waals surface area contributed by atoms with E-state index in [-0.39, 0.29) is 30.3 Å². The van der Waals surface area contributed by atoms with Gasteiger partial charge in [0.25, 0.3) is 5.91 Å². The second-order valence-corrected chi connectivity index (χ2v) is 8.05. The Morgan fingerprint density at radius 3 is 2.59 bits per heavy atom. The molecule has 29 heavy (non-hydrogen) atoms. The number of hydrogen-bond donors (Lipinski definition) is 2. The van der Waals surface area contributed by atoms with E-state index in [2.05, 4.69) is 11.1 Å². The minimum absolute atomic E-state index is 0.0269. The molecule has 0 spiro atoms. The number of amides is 1. The van der Waals surface area contributed by atoms with Gasteiger partial charge in [0.05, 0.1) is 12.0 Å². The number of benzene rings is 1. The molecule has 1 amide bonds. The second-order valence-electron chi connectivity index (χ2n) is 7.61. The van der Waals surface area contributed by atoms with Crippen LogP contribution in [0, 0.1) is 0 Å². The molecule has 2 aromatic rings. The zero-order valence-corrected chi connectivity index (χ0v) is 17.0. The van der Waals surface area contributed by atoms with Gasteiger partial charge in [-0.2, -0.15) is 0 Å². The third-order valence-corrected chi connectivity index (χ3v) is 6.15. The third-order valence-electron chi connectivity index (χ3n) is 5.92. The molecule has 1 aromatic carbocycles. The number of carboxylic acids is 1. The molecule has 1 saturated carbocycles. The summed E-state index contributed by atoms with van der Waals surface area (Å²) >= 11 is 6.19. The minimum atomic E-state index is -0.917. The fourth-order valence-corrected chi connectivity index (χ4v) is 4.41. The first-order valence-corrected chi connectivity index (χ1v) is 10.2. The number of aromatic nitrogens is 1. The molecule has 0 radical (unpaired) electrons. The lowest BCUT2D eigenvalue weighted by atomic mass is 9.68. The average molecular weight is 416 g/mol. The Hall–Kier alpha value is -2.44. The van der Waals surface area contributed by atoms with Crippen molar-refractivity contribution in [2.45, 2.75) is 43.6 Å². The molecule has 1 aliphatic carbocycles. The van der Waals surface area contributed by atoms with Crippen molar-refractivity contribution in [3.8, 4) is 0 Å². The van der Waals surface area contributed by atoms with E-state index in [0.717, 1.165) is 31.2 Å². The molecule has 1 aliphatic rings. The van der Waals surface area contributed by atoms with Crippen LogP contribution < -0.4 is 5.73 Å². The molecular formula is C22H26ClN3O3. The van der Waals surface area contributed by atoms with E-state index in [9.17, 15) is 9.59 Å². The normalized spacial score (nSPS) is 21.5. The molecule has 0 saturated heterocycles. The number of halogens is 1. The van der Waals surface area contributed by atoms with Gasteiger partial charge in [0.15, 0.2) is 0 Å². The lowest BCUT2D eigenvalue weighted by molar-refractivity contribution is -0.137. The lowest BCUT2D eigenvalue weighted by Crippen LogP contribution is -2.48. The Morgan fingerprint density at radius 1 is 1.24 bits per heavy atom. The van der Waals surface area contributed by atoms with Crippen LogP contribution >= 0.6 is 11.6 Å². The van der Waals surface area contributed by atoms with E-state index < -0.39 is 5.97 Å². The van der Waals surface area contributed by atoms with Crippen LogP contribution in [0.1, 0.15) is 48.0 Å². The van der Waals surface area contributed by atoms with Crippen LogP contribution in [0.3, 0.4) is 0 Å². The van der Waals surface area contributed by atoms with Crippen molar-refractivity contribution < 1.29 is 14.7 Å². The maximum absolute atomic E-state index is 13.1. The predicted molar refractivity (Wildman–Crippen MR) is 112 cm³/mol. The maximum atomic E-state index is 13.1. The van der Waals surface area contributed by atoms with Crippen LogP contribution in [0.25, 0.3) is 0 Å². The quantitative estimate of drug-likeness (QED) is 0.721. The molecular weight excluding hydrogens is 390 g/mol. The number of aliphatic carboxylic acids is 1. The first-order chi connectivity index (χ1) is 13.9. The molecule has 3 N–H and O–H groups in total. The smallest absolute Gasteiger partial charge is 0.305 e. The van der Waals surface area contributed by atoms with Crippen molar-refractivity contribution in [3.05, 3.63) is 64.9 Å². The van der Waals surface area contributed by atoms with E-state index in [4.69, 9.17) is 22.4 Å². The summed E-state index contributed by atoms with van der Waals surface area (Å²) < 4.78 is 0. The Labute approximate surface area is 175 Å². The van der Waals surface area contributed by atoms with E-state index in [1.165, 1.54) is 6.20 Å². The van der Waals surface area contributed by atoms with Crippen molar-refractivity contribution in [1.29, 1.82) is 0 Å². The summed E-state index contributed by atoms with van der Waals surface area (Å²) in [6, 6.07) is 11.2. The Balaban J connectivity index is 1.78. The van der Waals surface area contributed by atoms with Crippen LogP contribution in [0.15, 0.2) is 48.8 Å². The van der Waals surface area contributed by atoms with Gasteiger partial charge in [-0.25, -0.2) is 0 Å². The highest BCUT2D eigenvalue weighted by Crippen LogP contribution is 2.41. The first-order valence-electron chi connectivity index (χ1n) is 9.84. The summed E-state index contributed by atoms with van der Waals surface area (Å²) in [5.41, 5.74) is 7.61. The van der Waals surface area contributed by atoms with E-state index in [0.29, 0.717) is 17.1 Å². The van der Waals surface area contributed by atoms with Crippen molar-refractivity contribution in [2.24, 2.45) is 5.73 Å². The van der Waals surface area contributed by atoms with Crippen molar-refractivity contribution in [1.82, 2.24) is 9.88 Å². The van der Waals surface area contributed by atoms with Gasteiger partial charge in [0.2, 0.25) is 0 Å². The van der Waals surface area contributed by atoms with E-state index >= 15 is 0 Å². The highest BCUT2D eigenvalue weighted by atomic mass is 35.5. The molecule has 0 atom stereocenters. The highest BCUT2D eigenvalue weighted by Gasteiger charge is 2.38. The summed E-state index contributed by atoms with van der Waals surface area (Å²) in [5.74, 6) is -1.09. The van der Waals surface area contributed by atoms with Crippen LogP contribution in [0.2, 0.25) is 5.02 Å². The maximum Gasteiger partial charge on any atom is 0.305 e. The number of nitrogens with two attached hydrogens (primary N) is 1. The molecule has 1 fully saturated rings. The van der Waals surface area contributed by atoms with E-state index in [1.54, 1.807) is 23.2 Å². The first kappa shape index (κ1) is 21.3. The van der Waals surface area contributed by atoms with Crippen molar-refractivity contribution >= 4 is 23.5 Å². The zero-order chi connectivity index (χ0) is 20.9. The number of rotatable bonds is 7. The third kappa shape index (κ3) is 4.95. The van der Waals surface area contributed by atoms with Crippen molar-refractivity contribution in [2.75, 3.05) is 13.1 Å². The summed E-state index contributed by atoms with van der Waals surface area (Å²) in [7, 11) is 0. The van der Waals surface area contributed by atoms with Gasteiger partial charge in [-0.15, -0.1) is 0 Å². The number of pyridine rings is 1. The minimum Gasteiger partial charge on any atom is -0.481 e. The van der Waals surface area contributed by atoms with E-state index in [1.807, 2.05) is 18.2 Å². The van der Waals surface area contributed by atoms with Gasteiger partial charge in [0.1, 0.15) is 0 Å². The second kappa shape index (κ2) is 9.37. The molecule has 154 valence electrons. The standard InChI is InChI=1S/C22H26ClN3O3/c23-18-5-1-4-17(13-18)22(15-24)9-6-19(7-10-22)26(12-8-20(27)28)21(29)16-3-2-11-25-14-16/h1-5,11,13-14,19H,6-10,12,15,24H2,(H,27,28)/t19-,22-. The lowest BCUT2D eigenvalue weighted by Gasteiger charge is -2.43. The predicted octanol–water partition coefficient (Wildman–Crippen LogP) is 3.49. The number of carbonyl (C=O) groups excluding carboxylic acids is 1. The highest BCUT2D eigenvalue weighted by molar-refractivity contribution is 6.30. The monoisotopic (exact) mass is 415 g/mol. The zero-order valence-electron chi connectivity index (χ0n) is 16.3. The number of nitrogens with zero attached hydrogens (tertiary/aromatic N) is 2. The largest absolute Gasteiger partial charge is 0.481 e. The summed E-state index contributed by atoms with van der Waals surface area (Å²) in [6.07, 6.45) is 6.20.